The zero-order valence-corrected chi connectivity index (χ0v) is 13.6. The van der Waals surface area contributed by atoms with E-state index in [-0.39, 0.29) is 0 Å². The molecule has 0 aromatic rings. The van der Waals surface area contributed by atoms with Crippen molar-refractivity contribution >= 4 is 10.4 Å². The summed E-state index contributed by atoms with van der Waals surface area (Å²) >= 11 is 0. The van der Waals surface area contributed by atoms with Crippen molar-refractivity contribution in [2.45, 2.75) is 60.8 Å². The highest BCUT2D eigenvalue weighted by Crippen LogP contribution is 2.52. The standard InChI is InChI=1S/C15H33FS/c1-13(2)7-10-17(16,11-8-14(3)4)12-9-15(5)6/h13-15H,7-12H2,1-6H3. The maximum Gasteiger partial charge on any atom is 0.00381 e. The first-order valence-electron chi connectivity index (χ1n) is 7.21. The maximum atomic E-state index is 15.0. The predicted molar refractivity (Wildman–Crippen MR) is 81.7 cm³/mol. The largest absolute Gasteiger partial charge is 0.189 e. The average molecular weight is 264 g/mol. The van der Waals surface area contributed by atoms with Gasteiger partial charge in [-0.15, -0.1) is 0 Å². The first-order valence-corrected chi connectivity index (χ1v) is 9.25. The van der Waals surface area contributed by atoms with Crippen LogP contribution in [0.2, 0.25) is 0 Å². The molecule has 0 aromatic carbocycles. The Morgan fingerprint density at radius 1 is 0.647 bits per heavy atom. The summed E-state index contributed by atoms with van der Waals surface area (Å²) in [5.74, 6) is 4.42. The van der Waals surface area contributed by atoms with Crippen LogP contribution >= 0.6 is 10.4 Å². The third-order valence-electron chi connectivity index (χ3n) is 3.18. The summed E-state index contributed by atoms with van der Waals surface area (Å²) in [6.45, 7) is 13.2. The molecule has 0 unspecified atom stereocenters. The van der Waals surface area contributed by atoms with Gasteiger partial charge < -0.3 is 0 Å². The van der Waals surface area contributed by atoms with Crippen LogP contribution in [0.4, 0.5) is 3.89 Å². The van der Waals surface area contributed by atoms with Crippen LogP contribution in [-0.4, -0.2) is 17.3 Å². The molecule has 17 heavy (non-hydrogen) atoms. The summed E-state index contributed by atoms with van der Waals surface area (Å²) in [7, 11) is -1.82. The molecular formula is C15H33FS. The summed E-state index contributed by atoms with van der Waals surface area (Å²) in [6.07, 6.45) is 3.17. The maximum absolute atomic E-state index is 15.0. The minimum Gasteiger partial charge on any atom is -0.189 e. The first-order chi connectivity index (χ1) is 7.75. The Bertz CT molecular complexity index is 156. The molecule has 0 N–H and O–H groups in total. The molecule has 0 bridgehead atoms. The molecule has 0 fully saturated rings. The Kier molecular flexibility index (Phi) is 8.53. The Balaban J connectivity index is 4.23. The normalized spacial score (nSPS) is 14.0. The van der Waals surface area contributed by atoms with Crippen molar-refractivity contribution in [2.24, 2.45) is 17.8 Å². The van der Waals surface area contributed by atoms with E-state index in [0.717, 1.165) is 36.5 Å². The molecule has 0 amide bonds. The Morgan fingerprint density at radius 3 is 1.06 bits per heavy atom. The van der Waals surface area contributed by atoms with Crippen molar-refractivity contribution in [3.63, 3.8) is 0 Å². The van der Waals surface area contributed by atoms with Gasteiger partial charge in [0.2, 0.25) is 0 Å². The van der Waals surface area contributed by atoms with Gasteiger partial charge in [-0.3, -0.25) is 0 Å². The molecule has 0 aliphatic rings. The molecule has 0 aromatic heterocycles. The van der Waals surface area contributed by atoms with Crippen LogP contribution in [0.25, 0.3) is 0 Å². The molecule has 106 valence electrons. The van der Waals surface area contributed by atoms with Crippen LogP contribution in [0.15, 0.2) is 0 Å². The van der Waals surface area contributed by atoms with Crippen molar-refractivity contribution in [3.8, 4) is 0 Å². The smallest absolute Gasteiger partial charge is 0.00381 e. The van der Waals surface area contributed by atoms with E-state index in [4.69, 9.17) is 0 Å². The first kappa shape index (κ1) is 17.3. The summed E-state index contributed by atoms with van der Waals surface area (Å²) in [5, 5.41) is 0. The van der Waals surface area contributed by atoms with Gasteiger partial charge in [0.1, 0.15) is 0 Å². The topological polar surface area (TPSA) is 0 Å². The lowest BCUT2D eigenvalue weighted by molar-refractivity contribution is 0.597. The fourth-order valence-electron chi connectivity index (χ4n) is 1.65. The van der Waals surface area contributed by atoms with E-state index in [1.54, 1.807) is 0 Å². The second-order valence-electron chi connectivity index (χ2n) is 6.60. The summed E-state index contributed by atoms with van der Waals surface area (Å²) in [5.41, 5.74) is 0. The van der Waals surface area contributed by atoms with Crippen molar-refractivity contribution in [3.05, 3.63) is 0 Å². The molecule has 0 saturated carbocycles. The Hall–Kier alpha value is 0.280. The van der Waals surface area contributed by atoms with Crippen molar-refractivity contribution in [2.75, 3.05) is 17.3 Å². The van der Waals surface area contributed by atoms with E-state index >= 15 is 0 Å². The number of halogens is 1. The SMILES string of the molecule is CC(C)CCS(F)(CCC(C)C)CCC(C)C. The molecule has 0 aliphatic carbocycles. The Labute approximate surface area is 110 Å². The summed E-state index contributed by atoms with van der Waals surface area (Å²) < 4.78 is 15.0. The highest BCUT2D eigenvalue weighted by Gasteiger charge is 2.23. The van der Waals surface area contributed by atoms with Gasteiger partial charge in [0.05, 0.1) is 0 Å². The van der Waals surface area contributed by atoms with Crippen molar-refractivity contribution < 1.29 is 3.89 Å². The van der Waals surface area contributed by atoms with E-state index in [1.165, 1.54) is 0 Å². The molecule has 0 atom stereocenters. The van der Waals surface area contributed by atoms with Gasteiger partial charge in [-0.05, 0) is 37.0 Å². The zero-order valence-electron chi connectivity index (χ0n) is 12.8. The van der Waals surface area contributed by atoms with Crippen LogP contribution in [0.3, 0.4) is 0 Å². The molecule has 2 heteroatoms. The third-order valence-corrected chi connectivity index (χ3v) is 6.09. The van der Waals surface area contributed by atoms with E-state index in [0.29, 0.717) is 17.8 Å². The molecule has 0 saturated heterocycles. The summed E-state index contributed by atoms with van der Waals surface area (Å²) in [6, 6.07) is 0. The van der Waals surface area contributed by atoms with E-state index in [9.17, 15) is 3.89 Å². The van der Waals surface area contributed by atoms with Gasteiger partial charge in [0, 0.05) is 17.3 Å². The van der Waals surface area contributed by atoms with Crippen LogP contribution in [-0.2, 0) is 0 Å². The molecule has 0 radical (unpaired) electrons. The fraction of sp³-hybridized carbons (Fsp3) is 1.00. The third kappa shape index (κ3) is 9.93. The Morgan fingerprint density at radius 2 is 0.882 bits per heavy atom. The van der Waals surface area contributed by atoms with E-state index in [2.05, 4.69) is 41.5 Å². The lowest BCUT2D eigenvalue weighted by atomic mass is 10.2. The van der Waals surface area contributed by atoms with Gasteiger partial charge in [-0.25, -0.2) is 0 Å². The van der Waals surface area contributed by atoms with E-state index in [1.807, 2.05) is 0 Å². The molecule has 0 spiro atoms. The number of rotatable bonds is 9. The van der Waals surface area contributed by atoms with Gasteiger partial charge in [0.25, 0.3) is 0 Å². The van der Waals surface area contributed by atoms with Gasteiger partial charge >= 0.3 is 0 Å². The zero-order chi connectivity index (χ0) is 13.5. The highest BCUT2D eigenvalue weighted by atomic mass is 32.3. The highest BCUT2D eigenvalue weighted by molar-refractivity contribution is 8.29. The van der Waals surface area contributed by atoms with Crippen LogP contribution in [0.5, 0.6) is 0 Å². The lowest BCUT2D eigenvalue weighted by Gasteiger charge is -2.33. The number of hydrogen-bond donors (Lipinski definition) is 0. The number of hydrogen-bond acceptors (Lipinski definition) is 0. The van der Waals surface area contributed by atoms with Crippen LogP contribution < -0.4 is 0 Å². The van der Waals surface area contributed by atoms with E-state index < -0.39 is 10.4 Å². The van der Waals surface area contributed by atoms with Gasteiger partial charge in [-0.1, -0.05) is 52.0 Å². The van der Waals surface area contributed by atoms with Crippen LogP contribution in [0.1, 0.15) is 60.8 Å². The van der Waals surface area contributed by atoms with Crippen molar-refractivity contribution in [1.82, 2.24) is 0 Å². The quantitative estimate of drug-likeness (QED) is 0.492. The molecule has 0 nitrogen and oxygen atoms in total. The molecule has 0 rings (SSSR count). The minimum absolute atomic E-state index is 0.635. The second-order valence-corrected chi connectivity index (χ2v) is 9.70. The van der Waals surface area contributed by atoms with Gasteiger partial charge in [0.15, 0.2) is 0 Å². The average Bonchev–Trinajstić information content (AvgIpc) is 2.21. The van der Waals surface area contributed by atoms with Crippen molar-refractivity contribution in [1.29, 1.82) is 0 Å². The molecule has 0 heterocycles. The van der Waals surface area contributed by atoms with Crippen LogP contribution in [0, 0.1) is 17.8 Å². The minimum atomic E-state index is -1.82. The second kappa shape index (κ2) is 8.39. The predicted octanol–water partition coefficient (Wildman–Crippen LogP) is 5.81. The monoisotopic (exact) mass is 264 g/mol. The molecular weight excluding hydrogens is 231 g/mol. The fourth-order valence-corrected chi connectivity index (χ4v) is 4.94. The van der Waals surface area contributed by atoms with Gasteiger partial charge in [-0.2, -0.15) is 3.89 Å². The molecule has 0 aliphatic heterocycles. The lowest BCUT2D eigenvalue weighted by Crippen LogP contribution is -2.13. The summed E-state index contributed by atoms with van der Waals surface area (Å²) in [4.78, 5) is 0.